The molecule has 5 heteroatoms. The van der Waals surface area contributed by atoms with Crippen LogP contribution in [0, 0.1) is 0 Å². The number of rotatable bonds is 8. The quantitative estimate of drug-likeness (QED) is 0.142. The molecule has 0 atom stereocenters. The zero-order valence-corrected chi connectivity index (χ0v) is 48.5. The van der Waals surface area contributed by atoms with E-state index < -0.39 is 0 Å². The normalized spacial score (nSPS) is 12.7. The Kier molecular flexibility index (Phi) is 11.6. The molecule has 0 spiro atoms. The van der Waals surface area contributed by atoms with Gasteiger partial charge in [0.1, 0.15) is 22.3 Å². The van der Waals surface area contributed by atoms with Gasteiger partial charge in [0.2, 0.25) is 0 Å². The van der Waals surface area contributed by atoms with Gasteiger partial charge in [-0.3, -0.25) is 0 Å². The number of hydrogen-bond acceptors (Lipinski definition) is 4. The van der Waals surface area contributed by atoms with Crippen LogP contribution >= 0.6 is 0 Å². The first-order chi connectivity index (χ1) is 42.8. The van der Waals surface area contributed by atoms with E-state index in [1.807, 2.05) is 0 Å². The van der Waals surface area contributed by atoms with E-state index in [2.05, 4.69) is 322 Å². The second kappa shape index (κ2) is 19.9. The maximum Gasteiger partial charge on any atom is 0.252 e. The molecule has 2 aliphatic rings. The minimum Gasteiger partial charge on any atom is -0.455 e. The Labute approximate surface area is 506 Å². The largest absolute Gasteiger partial charge is 0.455 e. The fourth-order valence-electron chi connectivity index (χ4n) is 14.1. The number of hydrogen-bond donors (Lipinski definition) is 0. The van der Waals surface area contributed by atoms with Crippen molar-refractivity contribution in [2.75, 3.05) is 9.80 Å². The molecule has 0 bridgehead atoms. The Morgan fingerprint density at radius 3 is 1.00 bits per heavy atom. The number of benzene rings is 13. The summed E-state index contributed by atoms with van der Waals surface area (Å²) in [7, 11) is 0. The van der Waals surface area contributed by atoms with Crippen LogP contribution in [-0.4, -0.2) is 6.71 Å². The average Bonchev–Trinajstić information content (AvgIpc) is 1.47. The maximum absolute atomic E-state index is 7.27. The molecule has 4 heterocycles. The second-order valence-electron chi connectivity index (χ2n) is 24.3. The molecule has 4 nitrogen and oxygen atoms in total. The van der Waals surface area contributed by atoms with Crippen LogP contribution in [0.5, 0.6) is 0 Å². The first-order valence-corrected chi connectivity index (χ1v) is 30.2. The van der Waals surface area contributed by atoms with Gasteiger partial charge in [0.25, 0.3) is 6.71 Å². The predicted molar refractivity (Wildman–Crippen MR) is 366 cm³/mol. The fourth-order valence-corrected chi connectivity index (χ4v) is 14.1. The lowest BCUT2D eigenvalue weighted by atomic mass is 9.33. The summed E-state index contributed by atoms with van der Waals surface area (Å²) in [6.45, 7) is 6.85. The highest BCUT2D eigenvalue weighted by Crippen LogP contribution is 2.57. The molecule has 0 N–H and O–H groups in total. The summed E-state index contributed by atoms with van der Waals surface area (Å²) in [6, 6.07) is 107. The molecule has 0 saturated carbocycles. The molecule has 0 amide bonds. The van der Waals surface area contributed by atoms with Gasteiger partial charge in [0.15, 0.2) is 0 Å². The fraction of sp³-hybridized carbons (Fsp3) is 0.0488. The third kappa shape index (κ3) is 8.07. The summed E-state index contributed by atoms with van der Waals surface area (Å²) >= 11 is 0. The lowest BCUT2D eigenvalue weighted by molar-refractivity contribution is 0.590. The molecule has 15 aromatic rings. The van der Waals surface area contributed by atoms with Crippen LogP contribution in [0.15, 0.2) is 300 Å². The molecule has 0 saturated heterocycles. The van der Waals surface area contributed by atoms with E-state index in [0.29, 0.717) is 0 Å². The van der Waals surface area contributed by atoms with E-state index in [4.69, 9.17) is 8.83 Å². The molecule has 410 valence electrons. The Morgan fingerprint density at radius 2 is 0.632 bits per heavy atom. The molecule has 0 fully saturated rings. The van der Waals surface area contributed by atoms with Crippen LogP contribution in [-0.2, 0) is 5.41 Å². The van der Waals surface area contributed by atoms with E-state index in [1.165, 1.54) is 22.0 Å². The van der Waals surface area contributed by atoms with Crippen molar-refractivity contribution < 1.29 is 8.83 Å². The monoisotopic (exact) mass is 1110 g/mol. The van der Waals surface area contributed by atoms with Crippen molar-refractivity contribution in [3.05, 3.63) is 297 Å². The van der Waals surface area contributed by atoms with Gasteiger partial charge >= 0.3 is 0 Å². The van der Waals surface area contributed by atoms with Crippen molar-refractivity contribution in [3.63, 3.8) is 0 Å². The summed E-state index contributed by atoms with van der Waals surface area (Å²) in [5, 5.41) is 4.24. The van der Waals surface area contributed by atoms with Gasteiger partial charge in [0, 0.05) is 55.8 Å². The van der Waals surface area contributed by atoms with Crippen LogP contribution in [0.3, 0.4) is 0 Å². The van der Waals surface area contributed by atoms with Crippen LogP contribution in [0.1, 0.15) is 26.3 Å². The standard InChI is InChI=1S/C82H57BN2O2/c1-82(2,3)60-48-71-77-72(49-60)85(79-64(55-32-16-7-17-33-55)51-66(57-36-20-9-21-37-57)81-76(79)62-39-23-25-41-74(62)87-81)70-45-43-59(53-28-12-5-13-29-53)47-68(70)83(77)67-46-58(52-26-10-4-11-27-52)42-44-69(67)84(71)78-63(54-30-14-6-15-31-54)50-65(56-34-18-8-19-35-56)80-75(78)61-38-22-24-40-73(61)86-80/h4-51H,1-3H3. The summed E-state index contributed by atoms with van der Waals surface area (Å²) in [6.07, 6.45) is 0. The highest BCUT2D eigenvalue weighted by atomic mass is 16.3. The first kappa shape index (κ1) is 50.6. The van der Waals surface area contributed by atoms with Crippen LogP contribution < -0.4 is 26.2 Å². The Morgan fingerprint density at radius 1 is 0.299 bits per heavy atom. The number of para-hydroxylation sites is 2. The minimum atomic E-state index is -0.304. The van der Waals surface area contributed by atoms with E-state index >= 15 is 0 Å². The van der Waals surface area contributed by atoms with Crippen molar-refractivity contribution in [2.24, 2.45) is 0 Å². The van der Waals surface area contributed by atoms with Crippen LogP contribution in [0.4, 0.5) is 34.1 Å². The van der Waals surface area contributed by atoms with E-state index in [-0.39, 0.29) is 12.1 Å². The minimum absolute atomic E-state index is 0.227. The highest BCUT2D eigenvalue weighted by molar-refractivity contribution is 7.00. The van der Waals surface area contributed by atoms with Crippen LogP contribution in [0.2, 0.25) is 0 Å². The van der Waals surface area contributed by atoms with Gasteiger partial charge in [-0.25, -0.2) is 0 Å². The Balaban J connectivity index is 1.08. The van der Waals surface area contributed by atoms with Gasteiger partial charge < -0.3 is 18.6 Å². The average molecular weight is 1110 g/mol. The molecule has 17 rings (SSSR count). The summed E-state index contributed by atoms with van der Waals surface area (Å²) in [5.74, 6) is 0. The number of furan rings is 2. The second-order valence-corrected chi connectivity index (χ2v) is 24.3. The Hall–Kier alpha value is -10.9. The van der Waals surface area contributed by atoms with Gasteiger partial charge in [0.05, 0.1) is 22.1 Å². The SMILES string of the molecule is CC(C)(C)c1cc2c3c(c1)N(c1c(-c4ccccc4)cc(-c4ccccc4)c4oc5ccccc5c14)c1ccc(-c4ccccc4)cc1B3c1cc(-c3ccccc3)ccc1N2c1c(-c2ccccc2)cc(-c2ccccc2)c2oc3ccccc3c12. The van der Waals surface area contributed by atoms with Gasteiger partial charge in [-0.05, 0) is 120 Å². The molecule has 2 aliphatic heterocycles. The van der Waals surface area contributed by atoms with E-state index in [1.54, 1.807) is 0 Å². The third-order valence-corrected chi connectivity index (χ3v) is 18.2. The molecule has 2 aromatic heterocycles. The first-order valence-electron chi connectivity index (χ1n) is 30.2. The van der Waals surface area contributed by atoms with E-state index in [9.17, 15) is 0 Å². The zero-order chi connectivity index (χ0) is 57.9. The predicted octanol–water partition coefficient (Wildman–Crippen LogP) is 20.9. The summed E-state index contributed by atoms with van der Waals surface area (Å²) < 4.78 is 14.5. The zero-order valence-electron chi connectivity index (χ0n) is 48.5. The van der Waals surface area contributed by atoms with Gasteiger partial charge in [-0.1, -0.05) is 263 Å². The maximum atomic E-state index is 7.27. The van der Waals surface area contributed by atoms with E-state index in [0.717, 1.165) is 145 Å². The van der Waals surface area contributed by atoms with Crippen molar-refractivity contribution in [1.82, 2.24) is 0 Å². The molecule has 13 aromatic carbocycles. The van der Waals surface area contributed by atoms with Gasteiger partial charge in [-0.15, -0.1) is 0 Å². The number of anilines is 6. The lowest BCUT2D eigenvalue weighted by Gasteiger charge is -2.46. The summed E-state index contributed by atoms with van der Waals surface area (Å²) in [4.78, 5) is 5.28. The van der Waals surface area contributed by atoms with Crippen molar-refractivity contribution in [1.29, 1.82) is 0 Å². The molecule has 0 radical (unpaired) electrons. The number of nitrogens with zero attached hydrogens (tertiary/aromatic N) is 2. The third-order valence-electron chi connectivity index (χ3n) is 18.2. The molecule has 0 unspecified atom stereocenters. The lowest BCUT2D eigenvalue weighted by Crippen LogP contribution is -2.61. The molecule has 87 heavy (non-hydrogen) atoms. The molecular weight excluding hydrogens is 1060 g/mol. The Bertz CT molecular complexity index is 4870. The molecular formula is C82H57BN2O2. The molecule has 0 aliphatic carbocycles. The van der Waals surface area contributed by atoms with Crippen molar-refractivity contribution >= 4 is 101 Å². The van der Waals surface area contributed by atoms with Gasteiger partial charge in [-0.2, -0.15) is 0 Å². The van der Waals surface area contributed by atoms with Crippen molar-refractivity contribution in [2.45, 2.75) is 26.2 Å². The topological polar surface area (TPSA) is 32.8 Å². The van der Waals surface area contributed by atoms with Crippen molar-refractivity contribution in [3.8, 4) is 66.8 Å². The van der Waals surface area contributed by atoms with Crippen LogP contribution in [0.25, 0.3) is 111 Å². The number of fused-ring (bicyclic) bond motifs is 10. The smallest absolute Gasteiger partial charge is 0.252 e. The summed E-state index contributed by atoms with van der Waals surface area (Å²) in [5.41, 5.74) is 27.9. The highest BCUT2D eigenvalue weighted by Gasteiger charge is 2.46.